The van der Waals surface area contributed by atoms with E-state index in [2.05, 4.69) is 5.43 Å². The molecule has 90 valence electrons. The fourth-order valence-corrected chi connectivity index (χ4v) is 2.56. The van der Waals surface area contributed by atoms with Crippen LogP contribution in [0.4, 0.5) is 4.79 Å². The molecule has 3 N–H and O–H groups in total. The zero-order chi connectivity index (χ0) is 12.3. The van der Waals surface area contributed by atoms with Gasteiger partial charge in [0.05, 0.1) is 0 Å². The largest absolute Gasteiger partial charge is 0.328 e. The number of nitrogen functional groups attached to an aromatic ring is 1. The number of benzene rings is 1. The summed E-state index contributed by atoms with van der Waals surface area (Å²) in [6.45, 7) is 1.18. The summed E-state index contributed by atoms with van der Waals surface area (Å²) in [6, 6.07) is 7.15. The Hall–Kier alpha value is -1.53. The molecule has 1 aromatic carbocycles. The van der Waals surface area contributed by atoms with Crippen LogP contribution in [0.25, 0.3) is 0 Å². The summed E-state index contributed by atoms with van der Waals surface area (Å²) in [5.41, 5.74) is 3.44. The average molecular weight is 251 g/mol. The number of hydrogen-bond donors (Lipinski definition) is 2. The van der Waals surface area contributed by atoms with Crippen LogP contribution in [0.1, 0.15) is 15.9 Å². The lowest BCUT2D eigenvalue weighted by Gasteiger charge is -2.16. The molecule has 0 atom stereocenters. The first-order chi connectivity index (χ1) is 8.22. The van der Waals surface area contributed by atoms with Crippen molar-refractivity contribution in [3.63, 3.8) is 0 Å². The number of hydrogen-bond acceptors (Lipinski definition) is 4. The SMILES string of the molecule is NNC(=O)c1ccccc1CN1CCSC1=O. The summed E-state index contributed by atoms with van der Waals surface area (Å²) < 4.78 is 0. The average Bonchev–Trinajstić information content (AvgIpc) is 2.75. The summed E-state index contributed by atoms with van der Waals surface area (Å²) >= 11 is 1.31. The molecule has 0 unspecified atom stereocenters. The van der Waals surface area contributed by atoms with Crippen molar-refractivity contribution in [3.8, 4) is 0 Å². The van der Waals surface area contributed by atoms with Crippen molar-refractivity contribution in [1.82, 2.24) is 10.3 Å². The van der Waals surface area contributed by atoms with Gasteiger partial charge in [-0.1, -0.05) is 30.0 Å². The Kier molecular flexibility index (Phi) is 3.65. The molecule has 6 heteroatoms. The summed E-state index contributed by atoms with van der Waals surface area (Å²) in [7, 11) is 0. The maximum atomic E-state index is 11.5. The Bertz CT molecular complexity index is 450. The normalized spacial score (nSPS) is 15.1. The summed E-state index contributed by atoms with van der Waals surface area (Å²) in [4.78, 5) is 24.8. The minimum absolute atomic E-state index is 0.0629. The molecule has 0 aromatic heterocycles. The van der Waals surface area contributed by atoms with Gasteiger partial charge in [0, 0.05) is 24.4 Å². The van der Waals surface area contributed by atoms with Gasteiger partial charge in [-0.2, -0.15) is 0 Å². The first-order valence-corrected chi connectivity index (χ1v) is 6.21. The highest BCUT2D eigenvalue weighted by molar-refractivity contribution is 8.13. The van der Waals surface area contributed by atoms with Crippen LogP contribution in [-0.4, -0.2) is 28.3 Å². The molecule has 0 saturated carbocycles. The van der Waals surface area contributed by atoms with Gasteiger partial charge < -0.3 is 4.90 Å². The number of carbonyl (C=O) groups is 2. The van der Waals surface area contributed by atoms with E-state index in [0.717, 1.165) is 17.9 Å². The van der Waals surface area contributed by atoms with Crippen LogP contribution in [0.5, 0.6) is 0 Å². The van der Waals surface area contributed by atoms with E-state index < -0.39 is 0 Å². The van der Waals surface area contributed by atoms with E-state index in [9.17, 15) is 9.59 Å². The molecule has 2 amide bonds. The monoisotopic (exact) mass is 251 g/mol. The molecule has 0 radical (unpaired) electrons. The standard InChI is InChI=1S/C11H13N3O2S/c12-13-10(15)9-4-2-1-3-8(9)7-14-5-6-17-11(14)16/h1-4H,5-7,12H2,(H,13,15). The minimum Gasteiger partial charge on any atom is -0.328 e. The molecule has 0 aliphatic carbocycles. The third-order valence-corrected chi connectivity index (χ3v) is 3.49. The number of carbonyl (C=O) groups excluding carboxylic acids is 2. The first kappa shape index (κ1) is 11.9. The fraction of sp³-hybridized carbons (Fsp3) is 0.273. The van der Waals surface area contributed by atoms with E-state index in [1.807, 2.05) is 12.1 Å². The Labute approximate surface area is 103 Å². The predicted molar refractivity (Wildman–Crippen MR) is 66.4 cm³/mol. The molecule has 1 aliphatic rings. The van der Waals surface area contributed by atoms with Crippen molar-refractivity contribution in [2.24, 2.45) is 5.84 Å². The number of nitrogens with two attached hydrogens (primary N) is 1. The number of amides is 2. The predicted octanol–water partition coefficient (Wildman–Crippen LogP) is 0.959. The second kappa shape index (κ2) is 5.20. The van der Waals surface area contributed by atoms with Gasteiger partial charge in [-0.15, -0.1) is 0 Å². The van der Waals surface area contributed by atoms with Crippen LogP contribution < -0.4 is 11.3 Å². The summed E-state index contributed by atoms with van der Waals surface area (Å²) in [6.07, 6.45) is 0. The molecule has 1 aliphatic heterocycles. The molecule has 5 nitrogen and oxygen atoms in total. The molecule has 17 heavy (non-hydrogen) atoms. The Morgan fingerprint density at radius 1 is 1.47 bits per heavy atom. The first-order valence-electron chi connectivity index (χ1n) is 5.23. The maximum Gasteiger partial charge on any atom is 0.282 e. The van der Waals surface area contributed by atoms with Crippen LogP contribution in [0, 0.1) is 0 Å². The lowest BCUT2D eigenvalue weighted by molar-refractivity contribution is 0.0952. The highest BCUT2D eigenvalue weighted by atomic mass is 32.2. The van der Waals surface area contributed by atoms with Crippen LogP contribution >= 0.6 is 11.8 Å². The van der Waals surface area contributed by atoms with Gasteiger partial charge in [0.2, 0.25) is 0 Å². The quantitative estimate of drug-likeness (QED) is 0.476. The third-order valence-electron chi connectivity index (χ3n) is 2.60. The van der Waals surface area contributed by atoms with E-state index in [0.29, 0.717) is 12.1 Å². The molecule has 2 rings (SSSR count). The van der Waals surface area contributed by atoms with Gasteiger partial charge in [-0.3, -0.25) is 15.0 Å². The number of nitrogens with zero attached hydrogens (tertiary/aromatic N) is 1. The van der Waals surface area contributed by atoms with Crippen LogP contribution in [0.15, 0.2) is 24.3 Å². The number of nitrogens with one attached hydrogen (secondary N) is 1. The van der Waals surface area contributed by atoms with Crippen molar-refractivity contribution in [2.45, 2.75) is 6.54 Å². The molecule has 1 saturated heterocycles. The molecule has 0 spiro atoms. The van der Waals surface area contributed by atoms with Gasteiger partial charge in [0.15, 0.2) is 0 Å². The Morgan fingerprint density at radius 2 is 2.24 bits per heavy atom. The number of thioether (sulfide) groups is 1. The Balaban J connectivity index is 2.20. The van der Waals surface area contributed by atoms with Gasteiger partial charge in [0.25, 0.3) is 11.1 Å². The van der Waals surface area contributed by atoms with Crippen molar-refractivity contribution in [2.75, 3.05) is 12.3 Å². The number of hydrazine groups is 1. The smallest absolute Gasteiger partial charge is 0.282 e. The van der Waals surface area contributed by atoms with Gasteiger partial charge >= 0.3 is 0 Å². The zero-order valence-electron chi connectivity index (χ0n) is 9.18. The topological polar surface area (TPSA) is 75.4 Å². The lowest BCUT2D eigenvalue weighted by Crippen LogP contribution is -2.32. The van der Waals surface area contributed by atoms with E-state index in [1.54, 1.807) is 17.0 Å². The zero-order valence-corrected chi connectivity index (χ0v) is 10.00. The lowest BCUT2D eigenvalue weighted by atomic mass is 10.1. The second-order valence-corrected chi connectivity index (χ2v) is 4.71. The number of rotatable bonds is 3. The van der Waals surface area contributed by atoms with Crippen LogP contribution in [-0.2, 0) is 6.54 Å². The van der Waals surface area contributed by atoms with E-state index in [-0.39, 0.29) is 11.1 Å². The van der Waals surface area contributed by atoms with Crippen LogP contribution in [0.2, 0.25) is 0 Å². The summed E-state index contributed by atoms with van der Waals surface area (Å²) in [5, 5.41) is 0.0629. The molecule has 1 heterocycles. The van der Waals surface area contributed by atoms with Crippen molar-refractivity contribution >= 4 is 22.9 Å². The summed E-state index contributed by atoms with van der Waals surface area (Å²) in [5.74, 6) is 5.60. The molecular formula is C11H13N3O2S. The van der Waals surface area contributed by atoms with Crippen molar-refractivity contribution in [1.29, 1.82) is 0 Å². The second-order valence-electron chi connectivity index (χ2n) is 3.67. The van der Waals surface area contributed by atoms with Gasteiger partial charge in [0.1, 0.15) is 0 Å². The highest BCUT2D eigenvalue weighted by Gasteiger charge is 2.22. The van der Waals surface area contributed by atoms with Crippen molar-refractivity contribution < 1.29 is 9.59 Å². The highest BCUT2D eigenvalue weighted by Crippen LogP contribution is 2.21. The Morgan fingerprint density at radius 3 is 2.88 bits per heavy atom. The third kappa shape index (κ3) is 2.59. The minimum atomic E-state index is -0.333. The van der Waals surface area contributed by atoms with E-state index in [4.69, 9.17) is 5.84 Å². The molecule has 1 aromatic rings. The van der Waals surface area contributed by atoms with Crippen molar-refractivity contribution in [3.05, 3.63) is 35.4 Å². The van der Waals surface area contributed by atoms with E-state index >= 15 is 0 Å². The van der Waals surface area contributed by atoms with E-state index in [1.165, 1.54) is 11.8 Å². The van der Waals surface area contributed by atoms with Gasteiger partial charge in [-0.25, -0.2) is 5.84 Å². The molecule has 0 bridgehead atoms. The van der Waals surface area contributed by atoms with Crippen LogP contribution in [0.3, 0.4) is 0 Å². The molecular weight excluding hydrogens is 238 g/mol. The fourth-order valence-electron chi connectivity index (χ4n) is 1.73. The maximum absolute atomic E-state index is 11.5. The van der Waals surface area contributed by atoms with Gasteiger partial charge in [-0.05, 0) is 11.6 Å². The molecule has 1 fully saturated rings.